The molecule has 0 radical (unpaired) electrons. The maximum absolute atomic E-state index is 5.83. The molecule has 3 heterocycles. The molecule has 1 fully saturated rings. The molecule has 1 aromatic carbocycles. The van der Waals surface area contributed by atoms with Crippen LogP contribution in [-0.4, -0.2) is 44.8 Å². The van der Waals surface area contributed by atoms with Gasteiger partial charge in [0.2, 0.25) is 11.8 Å². The summed E-state index contributed by atoms with van der Waals surface area (Å²) in [5, 5.41) is 17.6. The van der Waals surface area contributed by atoms with Gasteiger partial charge in [-0.2, -0.15) is 0 Å². The standard InChI is InChI=1S/C18H21N5O3S/c1-12-19-20-16(26-12)11-27-18-22-21-17(13-5-7-14(24-2)8-6-13)23(18)10-15-4-3-9-25-15/h5-8,15H,3-4,9-11H2,1-2H3. The first-order valence-electron chi connectivity index (χ1n) is 8.84. The van der Waals surface area contributed by atoms with Crippen LogP contribution in [0, 0.1) is 6.92 Å². The van der Waals surface area contributed by atoms with E-state index < -0.39 is 0 Å². The van der Waals surface area contributed by atoms with Gasteiger partial charge in [0.1, 0.15) is 5.75 Å². The fourth-order valence-corrected chi connectivity index (χ4v) is 3.81. The van der Waals surface area contributed by atoms with E-state index >= 15 is 0 Å². The van der Waals surface area contributed by atoms with Gasteiger partial charge in [-0.05, 0) is 37.1 Å². The van der Waals surface area contributed by atoms with Gasteiger partial charge >= 0.3 is 0 Å². The molecular formula is C18H21N5O3S. The van der Waals surface area contributed by atoms with Crippen LogP contribution in [0.2, 0.25) is 0 Å². The van der Waals surface area contributed by atoms with Crippen LogP contribution in [0.1, 0.15) is 24.6 Å². The third-order valence-corrected chi connectivity index (χ3v) is 5.32. The van der Waals surface area contributed by atoms with Gasteiger partial charge in [0, 0.05) is 19.1 Å². The zero-order chi connectivity index (χ0) is 18.6. The molecule has 0 N–H and O–H groups in total. The molecule has 142 valence electrons. The van der Waals surface area contributed by atoms with E-state index in [-0.39, 0.29) is 6.10 Å². The minimum Gasteiger partial charge on any atom is -0.497 e. The van der Waals surface area contributed by atoms with Crippen LogP contribution in [-0.2, 0) is 17.0 Å². The molecule has 1 saturated heterocycles. The summed E-state index contributed by atoms with van der Waals surface area (Å²) < 4.78 is 18.6. The molecule has 2 aromatic heterocycles. The lowest BCUT2D eigenvalue weighted by Gasteiger charge is -2.14. The second-order valence-electron chi connectivity index (χ2n) is 6.28. The summed E-state index contributed by atoms with van der Waals surface area (Å²) in [5.74, 6) is 3.32. The quantitative estimate of drug-likeness (QED) is 0.572. The first kappa shape index (κ1) is 18.0. The summed E-state index contributed by atoms with van der Waals surface area (Å²) >= 11 is 1.53. The van der Waals surface area contributed by atoms with Gasteiger partial charge in [0.15, 0.2) is 11.0 Å². The molecule has 0 amide bonds. The zero-order valence-corrected chi connectivity index (χ0v) is 16.1. The Hall–Kier alpha value is -2.39. The predicted molar refractivity (Wildman–Crippen MR) is 99.6 cm³/mol. The van der Waals surface area contributed by atoms with Gasteiger partial charge in [-0.1, -0.05) is 11.8 Å². The molecular weight excluding hydrogens is 366 g/mol. The van der Waals surface area contributed by atoms with Crippen molar-refractivity contribution in [1.29, 1.82) is 0 Å². The van der Waals surface area contributed by atoms with E-state index in [0.717, 1.165) is 48.3 Å². The Morgan fingerprint density at radius 2 is 2.04 bits per heavy atom. The number of hydrogen-bond donors (Lipinski definition) is 0. The lowest BCUT2D eigenvalue weighted by atomic mass is 10.2. The minimum atomic E-state index is 0.183. The second kappa shape index (κ2) is 8.10. The molecule has 1 aliphatic heterocycles. The fourth-order valence-electron chi connectivity index (χ4n) is 3.03. The average molecular weight is 387 g/mol. The summed E-state index contributed by atoms with van der Waals surface area (Å²) in [6.45, 7) is 3.32. The molecule has 3 aromatic rings. The van der Waals surface area contributed by atoms with Crippen LogP contribution in [0.25, 0.3) is 11.4 Å². The normalized spacial score (nSPS) is 16.7. The summed E-state index contributed by atoms with van der Waals surface area (Å²) in [4.78, 5) is 0. The third kappa shape index (κ3) is 4.14. The zero-order valence-electron chi connectivity index (χ0n) is 15.3. The van der Waals surface area contributed by atoms with Gasteiger partial charge in [-0.25, -0.2) is 0 Å². The third-order valence-electron chi connectivity index (χ3n) is 4.37. The fraction of sp³-hybridized carbons (Fsp3) is 0.444. The summed E-state index contributed by atoms with van der Waals surface area (Å²) in [6, 6.07) is 7.83. The Balaban J connectivity index is 1.60. The monoisotopic (exact) mass is 387 g/mol. The molecule has 8 nitrogen and oxygen atoms in total. The van der Waals surface area contributed by atoms with Crippen LogP contribution >= 0.6 is 11.8 Å². The highest BCUT2D eigenvalue weighted by atomic mass is 32.2. The van der Waals surface area contributed by atoms with E-state index in [2.05, 4.69) is 25.0 Å². The number of benzene rings is 1. The maximum Gasteiger partial charge on any atom is 0.226 e. The van der Waals surface area contributed by atoms with Gasteiger partial charge in [0.05, 0.1) is 25.5 Å². The molecule has 9 heteroatoms. The van der Waals surface area contributed by atoms with Crippen LogP contribution in [0.4, 0.5) is 0 Å². The van der Waals surface area contributed by atoms with Crippen molar-refractivity contribution in [3.63, 3.8) is 0 Å². The van der Waals surface area contributed by atoms with Crippen molar-refractivity contribution in [3.05, 3.63) is 36.0 Å². The molecule has 0 bridgehead atoms. The van der Waals surface area contributed by atoms with Gasteiger partial charge in [0.25, 0.3) is 0 Å². The SMILES string of the molecule is COc1ccc(-c2nnc(SCc3nnc(C)o3)n2CC2CCCO2)cc1. The van der Waals surface area contributed by atoms with Gasteiger partial charge < -0.3 is 13.9 Å². The average Bonchev–Trinajstić information content (AvgIpc) is 3.43. The number of hydrogen-bond acceptors (Lipinski definition) is 8. The topological polar surface area (TPSA) is 88.1 Å². The van der Waals surface area contributed by atoms with E-state index in [1.807, 2.05) is 24.3 Å². The van der Waals surface area contributed by atoms with Crippen molar-refractivity contribution in [2.75, 3.05) is 13.7 Å². The number of nitrogens with zero attached hydrogens (tertiary/aromatic N) is 5. The molecule has 1 aliphatic rings. The van der Waals surface area contributed by atoms with Crippen molar-refractivity contribution >= 4 is 11.8 Å². The molecule has 27 heavy (non-hydrogen) atoms. The number of aromatic nitrogens is 5. The van der Waals surface area contributed by atoms with Crippen LogP contribution < -0.4 is 4.74 Å². The molecule has 4 rings (SSSR count). The number of thioether (sulfide) groups is 1. The number of methoxy groups -OCH3 is 1. The minimum absolute atomic E-state index is 0.183. The first-order valence-corrected chi connectivity index (χ1v) is 9.82. The largest absolute Gasteiger partial charge is 0.497 e. The van der Waals surface area contributed by atoms with E-state index in [9.17, 15) is 0 Å². The number of aryl methyl sites for hydroxylation is 1. The van der Waals surface area contributed by atoms with Crippen molar-refractivity contribution in [2.45, 2.75) is 43.3 Å². The Morgan fingerprint density at radius 3 is 2.70 bits per heavy atom. The van der Waals surface area contributed by atoms with E-state index in [1.54, 1.807) is 14.0 Å². The van der Waals surface area contributed by atoms with Crippen LogP contribution in [0.15, 0.2) is 33.8 Å². The number of rotatable bonds is 7. The van der Waals surface area contributed by atoms with Gasteiger partial charge in [-0.15, -0.1) is 20.4 Å². The highest BCUT2D eigenvalue weighted by Crippen LogP contribution is 2.29. The second-order valence-corrected chi connectivity index (χ2v) is 7.23. The van der Waals surface area contributed by atoms with E-state index in [1.165, 1.54) is 11.8 Å². The predicted octanol–water partition coefficient (Wildman–Crippen LogP) is 3.12. The Morgan fingerprint density at radius 1 is 1.19 bits per heavy atom. The molecule has 0 saturated carbocycles. The van der Waals surface area contributed by atoms with Gasteiger partial charge in [-0.3, -0.25) is 4.57 Å². The lowest BCUT2D eigenvalue weighted by Crippen LogP contribution is -2.16. The van der Waals surface area contributed by atoms with Crippen LogP contribution in [0.3, 0.4) is 0 Å². The van der Waals surface area contributed by atoms with E-state index in [4.69, 9.17) is 13.9 Å². The summed E-state index contributed by atoms with van der Waals surface area (Å²) in [6.07, 6.45) is 2.32. The highest BCUT2D eigenvalue weighted by Gasteiger charge is 2.22. The summed E-state index contributed by atoms with van der Waals surface area (Å²) in [5.41, 5.74) is 0.988. The first-order chi connectivity index (χ1) is 13.2. The van der Waals surface area contributed by atoms with Crippen molar-refractivity contribution in [1.82, 2.24) is 25.0 Å². The Labute approximate surface area is 161 Å². The smallest absolute Gasteiger partial charge is 0.226 e. The van der Waals surface area contributed by atoms with Crippen molar-refractivity contribution in [3.8, 4) is 17.1 Å². The van der Waals surface area contributed by atoms with E-state index in [0.29, 0.717) is 17.5 Å². The maximum atomic E-state index is 5.83. The van der Waals surface area contributed by atoms with Crippen molar-refractivity contribution in [2.24, 2.45) is 0 Å². The van der Waals surface area contributed by atoms with Crippen LogP contribution in [0.5, 0.6) is 5.75 Å². The molecule has 1 unspecified atom stereocenters. The Bertz CT molecular complexity index is 887. The van der Waals surface area contributed by atoms with Crippen molar-refractivity contribution < 1.29 is 13.9 Å². The Kier molecular flexibility index (Phi) is 5.40. The summed E-state index contributed by atoms with van der Waals surface area (Å²) in [7, 11) is 1.66. The highest BCUT2D eigenvalue weighted by molar-refractivity contribution is 7.98. The lowest BCUT2D eigenvalue weighted by molar-refractivity contribution is 0.0953. The number of ether oxygens (including phenoxy) is 2. The molecule has 0 spiro atoms. The molecule has 0 aliphatic carbocycles. The molecule has 1 atom stereocenters.